The van der Waals surface area contributed by atoms with E-state index in [0.29, 0.717) is 5.69 Å². The first-order valence-electron chi connectivity index (χ1n) is 9.42. The zero-order valence-electron chi connectivity index (χ0n) is 16.7. The Morgan fingerprint density at radius 1 is 1.00 bits per heavy atom. The molecule has 0 radical (unpaired) electrons. The van der Waals surface area contributed by atoms with Crippen LogP contribution in [0.4, 0.5) is 4.79 Å². The summed E-state index contributed by atoms with van der Waals surface area (Å²) in [6.07, 6.45) is 1.56. The summed E-state index contributed by atoms with van der Waals surface area (Å²) >= 11 is 0. The molecular weight excluding hydrogens is 384 g/mol. The Kier molecular flexibility index (Phi) is 6.59. The molecule has 1 aromatic heterocycles. The number of hydrogen-bond donors (Lipinski definition) is 2. The van der Waals surface area contributed by atoms with Gasteiger partial charge in [-0.1, -0.05) is 48.5 Å². The van der Waals surface area contributed by atoms with Gasteiger partial charge in [0.2, 0.25) is 0 Å². The van der Waals surface area contributed by atoms with Crippen molar-refractivity contribution in [3.05, 3.63) is 72.4 Å². The number of para-hydroxylation sites is 1. The van der Waals surface area contributed by atoms with Crippen LogP contribution in [0.1, 0.15) is 24.2 Å². The van der Waals surface area contributed by atoms with E-state index in [-0.39, 0.29) is 11.6 Å². The third-order valence-electron chi connectivity index (χ3n) is 4.01. The highest BCUT2D eigenvalue weighted by atomic mass is 16.5. The average Bonchev–Trinajstić information content (AvgIpc) is 3.18. The van der Waals surface area contributed by atoms with Crippen molar-refractivity contribution in [1.29, 1.82) is 0 Å². The standard InChI is InChI=1S/C22H22N4O4/c1-15(2)23-22(29)24-19(27)14-30-21(28)18-13-26(17-11-7-4-8-12-17)25-20(18)16-9-5-3-6-10-16/h3-13,15H,14H2,1-2H3,(H2,23,24,27,29). The summed E-state index contributed by atoms with van der Waals surface area (Å²) in [4.78, 5) is 36.2. The van der Waals surface area contributed by atoms with Crippen LogP contribution in [-0.4, -0.2) is 40.3 Å². The SMILES string of the molecule is CC(C)NC(=O)NC(=O)COC(=O)c1cn(-c2ccccc2)nc1-c1ccccc1. The number of esters is 1. The molecule has 1 heterocycles. The molecule has 8 nitrogen and oxygen atoms in total. The highest BCUT2D eigenvalue weighted by molar-refractivity contribution is 5.99. The molecule has 0 saturated heterocycles. The Morgan fingerprint density at radius 2 is 1.63 bits per heavy atom. The second-order valence-electron chi connectivity index (χ2n) is 6.79. The van der Waals surface area contributed by atoms with Crippen molar-refractivity contribution in [3.63, 3.8) is 0 Å². The van der Waals surface area contributed by atoms with Crippen molar-refractivity contribution >= 4 is 17.9 Å². The Hall–Kier alpha value is -3.94. The number of rotatable bonds is 6. The van der Waals surface area contributed by atoms with Crippen LogP contribution < -0.4 is 10.6 Å². The molecule has 0 aliphatic carbocycles. The Morgan fingerprint density at radius 3 is 2.27 bits per heavy atom. The van der Waals surface area contributed by atoms with Crippen LogP contribution in [0.25, 0.3) is 16.9 Å². The number of ether oxygens (including phenoxy) is 1. The molecule has 3 amide bonds. The van der Waals surface area contributed by atoms with Crippen LogP contribution in [0.3, 0.4) is 0 Å². The lowest BCUT2D eigenvalue weighted by molar-refractivity contribution is -0.123. The number of carbonyl (C=O) groups excluding carboxylic acids is 3. The van der Waals surface area contributed by atoms with E-state index >= 15 is 0 Å². The number of imide groups is 1. The van der Waals surface area contributed by atoms with E-state index in [0.717, 1.165) is 11.3 Å². The lowest BCUT2D eigenvalue weighted by atomic mass is 10.1. The minimum Gasteiger partial charge on any atom is -0.452 e. The van der Waals surface area contributed by atoms with E-state index < -0.39 is 24.5 Å². The third kappa shape index (κ3) is 5.32. The van der Waals surface area contributed by atoms with Gasteiger partial charge >= 0.3 is 12.0 Å². The number of urea groups is 1. The van der Waals surface area contributed by atoms with E-state index in [4.69, 9.17) is 4.74 Å². The van der Waals surface area contributed by atoms with Crippen molar-refractivity contribution < 1.29 is 19.1 Å². The van der Waals surface area contributed by atoms with Crippen molar-refractivity contribution in [2.45, 2.75) is 19.9 Å². The van der Waals surface area contributed by atoms with Gasteiger partial charge in [0.05, 0.1) is 5.69 Å². The molecule has 0 unspecified atom stereocenters. The summed E-state index contributed by atoms with van der Waals surface area (Å²) in [5.41, 5.74) is 2.16. The maximum absolute atomic E-state index is 12.7. The predicted octanol–water partition coefficient (Wildman–Crippen LogP) is 2.93. The maximum atomic E-state index is 12.7. The quantitative estimate of drug-likeness (QED) is 0.613. The van der Waals surface area contributed by atoms with Gasteiger partial charge < -0.3 is 10.1 Å². The fourth-order valence-electron chi connectivity index (χ4n) is 2.72. The molecule has 0 spiro atoms. The monoisotopic (exact) mass is 406 g/mol. The fourth-order valence-corrected chi connectivity index (χ4v) is 2.72. The highest BCUT2D eigenvalue weighted by Gasteiger charge is 2.21. The Bertz CT molecular complexity index is 1030. The topological polar surface area (TPSA) is 102 Å². The van der Waals surface area contributed by atoms with Crippen LogP contribution in [0.2, 0.25) is 0 Å². The van der Waals surface area contributed by atoms with Crippen molar-refractivity contribution in [1.82, 2.24) is 20.4 Å². The second kappa shape index (κ2) is 9.51. The highest BCUT2D eigenvalue weighted by Crippen LogP contribution is 2.24. The molecule has 3 rings (SSSR count). The molecule has 2 N–H and O–H groups in total. The van der Waals surface area contributed by atoms with Crippen molar-refractivity contribution in [2.75, 3.05) is 6.61 Å². The van der Waals surface area contributed by atoms with Gasteiger partial charge in [0.25, 0.3) is 5.91 Å². The van der Waals surface area contributed by atoms with Crippen LogP contribution in [0.15, 0.2) is 66.9 Å². The third-order valence-corrected chi connectivity index (χ3v) is 4.01. The van der Waals surface area contributed by atoms with Crippen molar-refractivity contribution in [3.8, 4) is 16.9 Å². The van der Waals surface area contributed by atoms with Crippen molar-refractivity contribution in [2.24, 2.45) is 0 Å². The lowest BCUT2D eigenvalue weighted by Gasteiger charge is -2.09. The fraction of sp³-hybridized carbons (Fsp3) is 0.182. The summed E-state index contributed by atoms with van der Waals surface area (Å²) in [7, 11) is 0. The normalized spacial score (nSPS) is 10.5. The van der Waals surface area contributed by atoms with Gasteiger partial charge in [-0.2, -0.15) is 5.10 Å². The van der Waals surface area contributed by atoms with E-state index in [9.17, 15) is 14.4 Å². The summed E-state index contributed by atoms with van der Waals surface area (Å²) in [6.45, 7) is 2.94. The number of nitrogens with zero attached hydrogens (tertiary/aromatic N) is 2. The molecule has 30 heavy (non-hydrogen) atoms. The molecule has 0 aliphatic heterocycles. The number of carbonyl (C=O) groups is 3. The molecule has 0 atom stereocenters. The molecular formula is C22H22N4O4. The molecule has 154 valence electrons. The number of nitrogens with one attached hydrogen (secondary N) is 2. The van der Waals surface area contributed by atoms with Crippen LogP contribution in [0, 0.1) is 0 Å². The molecule has 0 fully saturated rings. The first-order valence-corrected chi connectivity index (χ1v) is 9.42. The summed E-state index contributed by atoms with van der Waals surface area (Å²) in [5.74, 6) is -1.44. The van der Waals surface area contributed by atoms with Gasteiger partial charge in [0, 0.05) is 17.8 Å². The molecule has 3 aromatic rings. The Balaban J connectivity index is 1.78. The summed E-state index contributed by atoms with van der Waals surface area (Å²) in [6, 6.07) is 17.8. The van der Waals surface area contributed by atoms with Gasteiger partial charge in [-0.05, 0) is 26.0 Å². The number of amides is 3. The lowest BCUT2D eigenvalue weighted by Crippen LogP contribution is -2.44. The molecule has 0 aliphatic rings. The van der Waals surface area contributed by atoms with E-state index in [1.807, 2.05) is 60.7 Å². The van der Waals surface area contributed by atoms with Gasteiger partial charge in [-0.3, -0.25) is 10.1 Å². The second-order valence-corrected chi connectivity index (χ2v) is 6.79. The first-order chi connectivity index (χ1) is 14.4. The first kappa shape index (κ1) is 20.8. The van der Waals surface area contributed by atoms with Crippen LogP contribution in [-0.2, 0) is 9.53 Å². The van der Waals surface area contributed by atoms with Gasteiger partial charge in [0.1, 0.15) is 11.3 Å². The van der Waals surface area contributed by atoms with Gasteiger partial charge in [-0.15, -0.1) is 0 Å². The molecule has 2 aromatic carbocycles. The molecule has 8 heteroatoms. The van der Waals surface area contributed by atoms with E-state index in [2.05, 4.69) is 15.7 Å². The summed E-state index contributed by atoms with van der Waals surface area (Å²) in [5, 5.41) is 9.16. The number of hydrogen-bond acceptors (Lipinski definition) is 5. The van der Waals surface area contributed by atoms with Crippen LogP contribution >= 0.6 is 0 Å². The van der Waals surface area contributed by atoms with Crippen LogP contribution in [0.5, 0.6) is 0 Å². The predicted molar refractivity (Wildman–Crippen MR) is 111 cm³/mol. The number of benzene rings is 2. The maximum Gasteiger partial charge on any atom is 0.342 e. The summed E-state index contributed by atoms with van der Waals surface area (Å²) < 4.78 is 6.70. The van der Waals surface area contributed by atoms with E-state index in [1.165, 1.54) is 0 Å². The molecule has 0 bridgehead atoms. The minimum absolute atomic E-state index is 0.127. The zero-order chi connectivity index (χ0) is 21.5. The van der Waals surface area contributed by atoms with Gasteiger partial charge in [-0.25, -0.2) is 14.3 Å². The van der Waals surface area contributed by atoms with E-state index in [1.54, 1.807) is 24.7 Å². The molecule has 0 saturated carbocycles. The largest absolute Gasteiger partial charge is 0.452 e. The minimum atomic E-state index is -0.724. The Labute approximate surface area is 173 Å². The average molecular weight is 406 g/mol. The number of aromatic nitrogens is 2. The zero-order valence-corrected chi connectivity index (χ0v) is 16.7. The van der Waals surface area contributed by atoms with Gasteiger partial charge in [0.15, 0.2) is 6.61 Å². The smallest absolute Gasteiger partial charge is 0.342 e.